The first-order valence-corrected chi connectivity index (χ1v) is 5.28. The summed E-state index contributed by atoms with van der Waals surface area (Å²) in [6, 6.07) is 4.44. The zero-order valence-electron chi connectivity index (χ0n) is 8.11. The Bertz CT molecular complexity index is 391. The lowest BCUT2D eigenvalue weighted by atomic mass is 10.1. The van der Waals surface area contributed by atoms with Gasteiger partial charge >= 0.3 is 0 Å². The molecule has 1 aromatic heterocycles. The van der Waals surface area contributed by atoms with Crippen LogP contribution in [0.2, 0.25) is 0 Å². The molecule has 0 amide bonds. The quantitative estimate of drug-likeness (QED) is 0.724. The van der Waals surface area contributed by atoms with Crippen molar-refractivity contribution in [1.82, 2.24) is 9.78 Å². The molecule has 0 saturated heterocycles. The average Bonchev–Trinajstić information content (AvgIpc) is 3.09. The third-order valence-corrected chi connectivity index (χ3v) is 3.30. The van der Waals surface area contributed by atoms with E-state index in [4.69, 9.17) is 5.26 Å². The van der Waals surface area contributed by atoms with E-state index < -0.39 is 0 Å². The summed E-state index contributed by atoms with van der Waals surface area (Å²) in [5, 5.41) is 13.4. The summed E-state index contributed by atoms with van der Waals surface area (Å²) in [7, 11) is 0. The highest BCUT2D eigenvalue weighted by atomic mass is 15.3. The van der Waals surface area contributed by atoms with E-state index in [2.05, 4.69) is 11.2 Å². The van der Waals surface area contributed by atoms with E-state index in [0.29, 0.717) is 0 Å². The highest BCUT2D eigenvalue weighted by Crippen LogP contribution is 2.47. The molecule has 2 aliphatic rings. The van der Waals surface area contributed by atoms with E-state index in [0.717, 1.165) is 31.0 Å². The Balaban J connectivity index is 1.90. The highest BCUT2D eigenvalue weighted by molar-refractivity contribution is 5.33. The fraction of sp³-hybridized carbons (Fsp3) is 0.636. The first-order chi connectivity index (χ1) is 6.84. The average molecular weight is 187 g/mol. The normalized spacial score (nSPS) is 23.1. The lowest BCUT2D eigenvalue weighted by Crippen LogP contribution is -2.14. The smallest absolute Gasteiger partial charge is 0.0991 e. The van der Waals surface area contributed by atoms with E-state index in [1.807, 2.05) is 16.9 Å². The van der Waals surface area contributed by atoms with Crippen molar-refractivity contribution in [1.29, 1.82) is 5.26 Å². The maximum absolute atomic E-state index is 9.11. The molecule has 1 heterocycles. The Hall–Kier alpha value is -1.30. The number of rotatable bonds is 3. The van der Waals surface area contributed by atoms with Crippen LogP contribution >= 0.6 is 0 Å². The van der Waals surface area contributed by atoms with Gasteiger partial charge < -0.3 is 0 Å². The van der Waals surface area contributed by atoms with Crippen LogP contribution in [0.1, 0.15) is 31.4 Å². The summed E-state index contributed by atoms with van der Waals surface area (Å²) in [5.41, 5.74) is 0.970. The molecular formula is C11H13N3. The van der Waals surface area contributed by atoms with Gasteiger partial charge in [-0.05, 0) is 37.7 Å². The molecule has 0 radical (unpaired) electrons. The molecule has 0 aromatic carbocycles. The van der Waals surface area contributed by atoms with Crippen LogP contribution in [0.3, 0.4) is 0 Å². The van der Waals surface area contributed by atoms with Gasteiger partial charge in [0.2, 0.25) is 0 Å². The van der Waals surface area contributed by atoms with E-state index >= 15 is 0 Å². The Morgan fingerprint density at radius 1 is 1.57 bits per heavy atom. The van der Waals surface area contributed by atoms with Crippen molar-refractivity contribution in [3.8, 4) is 6.07 Å². The summed E-state index contributed by atoms with van der Waals surface area (Å²) in [6.45, 7) is 1.02. The summed E-state index contributed by atoms with van der Waals surface area (Å²) >= 11 is 0. The van der Waals surface area contributed by atoms with Crippen LogP contribution in [-0.2, 0) is 12.0 Å². The maximum Gasteiger partial charge on any atom is 0.0991 e. The Morgan fingerprint density at radius 2 is 2.36 bits per heavy atom. The Labute approximate surface area is 83.3 Å². The third-order valence-electron chi connectivity index (χ3n) is 3.30. The summed E-state index contributed by atoms with van der Waals surface area (Å²) < 4.78 is 2.05. The van der Waals surface area contributed by atoms with E-state index in [1.165, 1.54) is 12.8 Å². The highest BCUT2D eigenvalue weighted by Gasteiger charge is 2.47. The van der Waals surface area contributed by atoms with Crippen molar-refractivity contribution in [2.24, 2.45) is 5.92 Å². The minimum absolute atomic E-state index is 0.175. The number of aromatic nitrogens is 2. The summed E-state index contributed by atoms with van der Waals surface area (Å²) in [5.74, 6) is 0.822. The van der Waals surface area contributed by atoms with Crippen LogP contribution < -0.4 is 0 Å². The van der Waals surface area contributed by atoms with Crippen LogP contribution in [0.15, 0.2) is 12.3 Å². The molecule has 2 saturated carbocycles. The van der Waals surface area contributed by atoms with E-state index in [9.17, 15) is 0 Å². The fourth-order valence-electron chi connectivity index (χ4n) is 1.98. The molecule has 1 aromatic rings. The van der Waals surface area contributed by atoms with Gasteiger partial charge in [0.15, 0.2) is 0 Å². The van der Waals surface area contributed by atoms with Crippen LogP contribution in [0.5, 0.6) is 0 Å². The van der Waals surface area contributed by atoms with Gasteiger partial charge in [-0.15, -0.1) is 0 Å². The molecule has 0 unspecified atom stereocenters. The van der Waals surface area contributed by atoms with Crippen LogP contribution in [0.4, 0.5) is 0 Å². The zero-order chi connectivity index (χ0) is 9.60. The second-order valence-corrected chi connectivity index (χ2v) is 4.54. The molecule has 0 atom stereocenters. The zero-order valence-corrected chi connectivity index (χ0v) is 8.11. The fourth-order valence-corrected chi connectivity index (χ4v) is 1.98. The molecular weight excluding hydrogens is 174 g/mol. The topological polar surface area (TPSA) is 41.6 Å². The number of hydrogen-bond donors (Lipinski definition) is 0. The SMILES string of the molecule is N#CC1(c2ccnn2CC2CC2)CC1. The lowest BCUT2D eigenvalue weighted by molar-refractivity contribution is 0.527. The number of hydrogen-bond acceptors (Lipinski definition) is 2. The van der Waals surface area contributed by atoms with Crippen LogP contribution in [-0.4, -0.2) is 9.78 Å². The molecule has 3 rings (SSSR count). The van der Waals surface area contributed by atoms with Crippen molar-refractivity contribution >= 4 is 0 Å². The molecule has 0 N–H and O–H groups in total. The molecule has 0 aliphatic heterocycles. The first kappa shape index (κ1) is 8.05. The van der Waals surface area contributed by atoms with Gasteiger partial charge in [0.25, 0.3) is 0 Å². The summed E-state index contributed by atoms with van der Waals surface area (Å²) in [4.78, 5) is 0. The molecule has 14 heavy (non-hydrogen) atoms. The molecule has 0 bridgehead atoms. The monoisotopic (exact) mass is 187 g/mol. The molecule has 72 valence electrons. The van der Waals surface area contributed by atoms with Gasteiger partial charge in [-0.25, -0.2) is 0 Å². The third kappa shape index (κ3) is 1.14. The first-order valence-electron chi connectivity index (χ1n) is 5.28. The Kier molecular flexibility index (Phi) is 1.49. The van der Waals surface area contributed by atoms with Crippen molar-refractivity contribution in [2.75, 3.05) is 0 Å². The van der Waals surface area contributed by atoms with E-state index in [1.54, 1.807) is 0 Å². The van der Waals surface area contributed by atoms with Gasteiger partial charge in [-0.1, -0.05) is 0 Å². The molecule has 2 aliphatic carbocycles. The largest absolute Gasteiger partial charge is 0.268 e. The van der Waals surface area contributed by atoms with Gasteiger partial charge in [0, 0.05) is 12.7 Å². The number of nitriles is 1. The Morgan fingerprint density at radius 3 is 2.93 bits per heavy atom. The van der Waals surface area contributed by atoms with Crippen LogP contribution in [0, 0.1) is 17.2 Å². The molecule has 0 spiro atoms. The minimum Gasteiger partial charge on any atom is -0.268 e. The predicted molar refractivity (Wildman–Crippen MR) is 51.5 cm³/mol. The lowest BCUT2D eigenvalue weighted by Gasteiger charge is -2.09. The second kappa shape index (κ2) is 2.60. The van der Waals surface area contributed by atoms with Gasteiger partial charge in [-0.2, -0.15) is 10.4 Å². The van der Waals surface area contributed by atoms with Crippen molar-refractivity contribution in [3.63, 3.8) is 0 Å². The second-order valence-electron chi connectivity index (χ2n) is 4.54. The summed E-state index contributed by atoms with van der Waals surface area (Å²) in [6.07, 6.45) is 6.52. The molecule has 3 nitrogen and oxygen atoms in total. The van der Waals surface area contributed by atoms with Crippen molar-refractivity contribution in [3.05, 3.63) is 18.0 Å². The van der Waals surface area contributed by atoms with Gasteiger partial charge in [0.05, 0.1) is 17.2 Å². The maximum atomic E-state index is 9.11. The van der Waals surface area contributed by atoms with Gasteiger partial charge in [0.1, 0.15) is 0 Å². The number of nitrogens with zero attached hydrogens (tertiary/aromatic N) is 3. The van der Waals surface area contributed by atoms with Crippen molar-refractivity contribution in [2.45, 2.75) is 37.6 Å². The van der Waals surface area contributed by atoms with E-state index in [-0.39, 0.29) is 5.41 Å². The van der Waals surface area contributed by atoms with Crippen molar-refractivity contribution < 1.29 is 0 Å². The standard InChI is InChI=1S/C11H13N3/c12-8-11(4-5-11)10-3-6-13-14(10)7-9-1-2-9/h3,6,9H,1-2,4-5,7H2. The molecule has 2 fully saturated rings. The minimum atomic E-state index is -0.175. The molecule has 3 heteroatoms. The van der Waals surface area contributed by atoms with Crippen LogP contribution in [0.25, 0.3) is 0 Å². The predicted octanol–water partition coefficient (Wildman–Crippen LogP) is 1.85. The van der Waals surface area contributed by atoms with Gasteiger partial charge in [-0.3, -0.25) is 4.68 Å².